The molecule has 2 aromatic rings. The van der Waals surface area contributed by atoms with Crippen LogP contribution in [0.2, 0.25) is 0 Å². The number of hydrogen-bond acceptors (Lipinski definition) is 4. The van der Waals surface area contributed by atoms with Gasteiger partial charge < -0.3 is 9.15 Å². The van der Waals surface area contributed by atoms with Crippen molar-refractivity contribution in [2.75, 3.05) is 0 Å². The Kier molecular flexibility index (Phi) is 3.35. The summed E-state index contributed by atoms with van der Waals surface area (Å²) >= 11 is 0. The number of benzene rings is 1. The Labute approximate surface area is 142 Å². The molecule has 4 heteroatoms. The molecule has 2 aliphatic heterocycles. The zero-order valence-electron chi connectivity index (χ0n) is 13.7. The van der Waals surface area contributed by atoms with E-state index in [-0.39, 0.29) is 12.3 Å². The van der Waals surface area contributed by atoms with Gasteiger partial charge in [-0.15, -0.1) is 0 Å². The first-order valence-corrected chi connectivity index (χ1v) is 9.05. The van der Waals surface area contributed by atoms with E-state index in [4.69, 9.17) is 14.3 Å². The minimum absolute atomic E-state index is 0.0534. The summed E-state index contributed by atoms with van der Waals surface area (Å²) in [6.45, 7) is 0. The summed E-state index contributed by atoms with van der Waals surface area (Å²) in [6, 6.07) is 12.6. The number of rotatable bonds is 2. The van der Waals surface area contributed by atoms with Crippen LogP contribution >= 0.6 is 0 Å². The normalized spacial score (nSPS) is 26.5. The smallest absolute Gasteiger partial charge is 0.190 e. The lowest BCUT2D eigenvalue weighted by molar-refractivity contribution is -0.0643. The Morgan fingerprint density at radius 3 is 2.71 bits per heavy atom. The van der Waals surface area contributed by atoms with E-state index < -0.39 is 0 Å². The molecule has 1 aromatic carbocycles. The van der Waals surface area contributed by atoms with Gasteiger partial charge in [-0.1, -0.05) is 37.5 Å². The number of furan rings is 1. The van der Waals surface area contributed by atoms with Gasteiger partial charge >= 0.3 is 0 Å². The van der Waals surface area contributed by atoms with Gasteiger partial charge in [0.05, 0.1) is 12.3 Å². The lowest BCUT2D eigenvalue weighted by atomic mass is 9.86. The predicted molar refractivity (Wildman–Crippen MR) is 91.9 cm³/mol. The first-order chi connectivity index (χ1) is 11.9. The maximum absolute atomic E-state index is 6.44. The van der Waals surface area contributed by atoms with Crippen LogP contribution in [0.3, 0.4) is 0 Å². The van der Waals surface area contributed by atoms with Gasteiger partial charge in [0, 0.05) is 17.9 Å². The van der Waals surface area contributed by atoms with Crippen molar-refractivity contribution < 1.29 is 9.15 Å². The molecule has 0 saturated heterocycles. The quantitative estimate of drug-likeness (QED) is 0.802. The van der Waals surface area contributed by atoms with Crippen molar-refractivity contribution in [1.29, 1.82) is 0 Å². The summed E-state index contributed by atoms with van der Waals surface area (Å²) in [4.78, 5) is 0. The van der Waals surface area contributed by atoms with Gasteiger partial charge in [-0.25, -0.2) is 5.01 Å². The molecule has 0 radical (unpaired) electrons. The second-order valence-corrected chi connectivity index (χ2v) is 7.07. The molecule has 0 amide bonds. The maximum atomic E-state index is 6.44. The highest BCUT2D eigenvalue weighted by atomic mass is 16.5. The van der Waals surface area contributed by atoms with Gasteiger partial charge in [0.15, 0.2) is 6.23 Å². The maximum Gasteiger partial charge on any atom is 0.190 e. The van der Waals surface area contributed by atoms with Crippen molar-refractivity contribution in [1.82, 2.24) is 5.01 Å². The first-order valence-electron chi connectivity index (χ1n) is 9.05. The number of ether oxygens (including phenoxy) is 1. The fourth-order valence-electron chi connectivity index (χ4n) is 4.38. The van der Waals surface area contributed by atoms with E-state index >= 15 is 0 Å². The van der Waals surface area contributed by atoms with Crippen molar-refractivity contribution in [3.63, 3.8) is 0 Å². The van der Waals surface area contributed by atoms with Gasteiger partial charge in [0.2, 0.25) is 0 Å². The van der Waals surface area contributed by atoms with Crippen molar-refractivity contribution in [2.45, 2.75) is 50.8 Å². The molecule has 24 heavy (non-hydrogen) atoms. The summed E-state index contributed by atoms with van der Waals surface area (Å²) in [7, 11) is 0. The molecule has 1 aromatic heterocycles. The SMILES string of the molecule is c1coc(C2=NN3[C@H](C2)c2ccccc2O[C@@H]3C2CCCCC2)c1. The molecule has 1 aliphatic carbocycles. The molecule has 0 unspecified atom stereocenters. The van der Waals surface area contributed by atoms with Gasteiger partial charge in [-0.3, -0.25) is 0 Å². The third-order valence-electron chi connectivity index (χ3n) is 5.59. The lowest BCUT2D eigenvalue weighted by Gasteiger charge is -2.42. The van der Waals surface area contributed by atoms with Crippen molar-refractivity contribution >= 4 is 5.71 Å². The average molecular weight is 322 g/mol. The van der Waals surface area contributed by atoms with Gasteiger partial charge in [0.1, 0.15) is 17.2 Å². The van der Waals surface area contributed by atoms with E-state index in [1.807, 2.05) is 12.1 Å². The number of hydrogen-bond donors (Lipinski definition) is 0. The molecule has 2 atom stereocenters. The van der Waals surface area contributed by atoms with Gasteiger partial charge in [0.25, 0.3) is 0 Å². The third-order valence-corrected chi connectivity index (χ3v) is 5.59. The van der Waals surface area contributed by atoms with Crippen molar-refractivity contribution in [2.24, 2.45) is 11.0 Å². The number of fused-ring (bicyclic) bond motifs is 3. The second-order valence-electron chi connectivity index (χ2n) is 7.07. The van der Waals surface area contributed by atoms with Crippen molar-refractivity contribution in [3.05, 3.63) is 54.0 Å². The molecule has 4 nitrogen and oxygen atoms in total. The van der Waals surface area contributed by atoms with Crippen LogP contribution in [0.5, 0.6) is 5.75 Å². The zero-order chi connectivity index (χ0) is 15.9. The van der Waals surface area contributed by atoms with Crippen LogP contribution in [-0.4, -0.2) is 16.9 Å². The Balaban J connectivity index is 1.53. The zero-order valence-corrected chi connectivity index (χ0v) is 13.7. The monoisotopic (exact) mass is 322 g/mol. The van der Waals surface area contributed by atoms with Crippen molar-refractivity contribution in [3.8, 4) is 5.75 Å². The van der Waals surface area contributed by atoms with E-state index in [9.17, 15) is 0 Å². The molecule has 1 fully saturated rings. The lowest BCUT2D eigenvalue weighted by Crippen LogP contribution is -2.45. The summed E-state index contributed by atoms with van der Waals surface area (Å²) in [5.41, 5.74) is 2.28. The highest BCUT2D eigenvalue weighted by Crippen LogP contribution is 2.46. The summed E-state index contributed by atoms with van der Waals surface area (Å²) in [6.07, 6.45) is 9.10. The predicted octanol–water partition coefficient (Wildman–Crippen LogP) is 4.73. The Bertz CT molecular complexity index is 747. The molecular formula is C20H22N2O2. The van der Waals surface area contributed by atoms with Crippen LogP contribution in [0, 0.1) is 5.92 Å². The minimum atomic E-state index is 0.0534. The molecule has 1 saturated carbocycles. The van der Waals surface area contributed by atoms with Crippen LogP contribution < -0.4 is 4.74 Å². The molecule has 3 heterocycles. The Morgan fingerprint density at radius 2 is 1.88 bits per heavy atom. The number of nitrogens with zero attached hydrogens (tertiary/aromatic N) is 2. The molecule has 3 aliphatic rings. The topological polar surface area (TPSA) is 38.0 Å². The molecule has 124 valence electrons. The van der Waals surface area contributed by atoms with E-state index in [2.05, 4.69) is 29.3 Å². The van der Waals surface area contributed by atoms with E-state index in [0.717, 1.165) is 23.6 Å². The van der Waals surface area contributed by atoms with Crippen LogP contribution in [-0.2, 0) is 0 Å². The average Bonchev–Trinajstić information content (AvgIpc) is 3.31. The van der Waals surface area contributed by atoms with Gasteiger partial charge in [-0.2, -0.15) is 5.10 Å². The summed E-state index contributed by atoms with van der Waals surface area (Å²) < 4.78 is 12.0. The highest BCUT2D eigenvalue weighted by molar-refractivity contribution is 5.99. The minimum Gasteiger partial charge on any atom is -0.468 e. The Hall–Kier alpha value is -2.23. The molecule has 0 N–H and O–H groups in total. The Morgan fingerprint density at radius 1 is 1.00 bits per heavy atom. The van der Waals surface area contributed by atoms with Crippen LogP contribution in [0.25, 0.3) is 0 Å². The first kappa shape index (κ1) is 14.1. The molecule has 0 spiro atoms. The largest absolute Gasteiger partial charge is 0.468 e. The molecule has 0 bridgehead atoms. The van der Waals surface area contributed by atoms with Crippen LogP contribution in [0.1, 0.15) is 55.9 Å². The standard InChI is InChI=1S/C20H22N2O2/c1-2-7-14(8-3-1)20-22-17(15-9-4-5-10-18(15)24-20)13-16(21-22)19-11-6-12-23-19/h4-6,9-12,14,17,20H,1-3,7-8,13H2/t17-,20-/m1/s1. The molecular weight excluding hydrogens is 300 g/mol. The number of para-hydroxylation sites is 1. The van der Waals surface area contributed by atoms with Crippen LogP contribution in [0.4, 0.5) is 0 Å². The van der Waals surface area contributed by atoms with Crippen LogP contribution in [0.15, 0.2) is 52.2 Å². The van der Waals surface area contributed by atoms with Gasteiger partial charge in [-0.05, 0) is 31.0 Å². The fraction of sp³-hybridized carbons (Fsp3) is 0.450. The van der Waals surface area contributed by atoms with E-state index in [1.165, 1.54) is 37.7 Å². The fourth-order valence-corrected chi connectivity index (χ4v) is 4.38. The highest BCUT2D eigenvalue weighted by Gasteiger charge is 2.43. The van der Waals surface area contributed by atoms with E-state index in [0.29, 0.717) is 5.92 Å². The second kappa shape index (κ2) is 5.69. The van der Waals surface area contributed by atoms with E-state index in [1.54, 1.807) is 6.26 Å². The number of hydrazone groups is 1. The third kappa shape index (κ3) is 2.24. The summed E-state index contributed by atoms with van der Waals surface area (Å²) in [5, 5.41) is 7.16. The molecule has 5 rings (SSSR count). The summed E-state index contributed by atoms with van der Waals surface area (Å²) in [5.74, 6) is 2.48.